The van der Waals surface area contributed by atoms with Crippen molar-refractivity contribution in [3.63, 3.8) is 0 Å². The summed E-state index contributed by atoms with van der Waals surface area (Å²) in [5.74, 6) is 0.801. The second-order valence-corrected chi connectivity index (χ2v) is 6.85. The number of morpholine rings is 1. The van der Waals surface area contributed by atoms with Crippen molar-refractivity contribution in [1.82, 2.24) is 9.80 Å². The lowest BCUT2D eigenvalue weighted by Crippen LogP contribution is -2.50. The molecule has 0 radical (unpaired) electrons. The van der Waals surface area contributed by atoms with Crippen molar-refractivity contribution in [3.8, 4) is 5.75 Å². The molecule has 2 unspecified atom stereocenters. The third-order valence-electron chi connectivity index (χ3n) is 5.21. The van der Waals surface area contributed by atoms with Crippen molar-refractivity contribution in [2.45, 2.75) is 31.4 Å². The van der Waals surface area contributed by atoms with Gasteiger partial charge >= 0.3 is 0 Å². The largest absolute Gasteiger partial charge is 0.497 e. The summed E-state index contributed by atoms with van der Waals surface area (Å²) in [6, 6.07) is 8.31. The molecule has 2 fully saturated rings. The normalized spacial score (nSPS) is 24.7. The average molecular weight is 334 g/mol. The van der Waals surface area contributed by atoms with E-state index in [-0.39, 0.29) is 0 Å². The van der Waals surface area contributed by atoms with Crippen molar-refractivity contribution in [3.05, 3.63) is 29.8 Å². The summed E-state index contributed by atoms with van der Waals surface area (Å²) in [7, 11) is 1.66. The van der Waals surface area contributed by atoms with Gasteiger partial charge in [-0.15, -0.1) is 0 Å². The fraction of sp³-hybridized carbons (Fsp3) is 0.684. The zero-order valence-corrected chi connectivity index (χ0v) is 14.7. The third kappa shape index (κ3) is 4.70. The Kier molecular flexibility index (Phi) is 6.49. The topological polar surface area (TPSA) is 45.2 Å². The Balaban J connectivity index is 1.59. The predicted octanol–water partition coefficient (Wildman–Crippen LogP) is 1.92. The van der Waals surface area contributed by atoms with Crippen molar-refractivity contribution in [2.24, 2.45) is 0 Å². The van der Waals surface area contributed by atoms with Gasteiger partial charge < -0.3 is 14.6 Å². The van der Waals surface area contributed by atoms with Crippen molar-refractivity contribution in [2.75, 3.05) is 53.0 Å². The van der Waals surface area contributed by atoms with E-state index in [1.165, 1.54) is 19.3 Å². The van der Waals surface area contributed by atoms with Gasteiger partial charge in [-0.3, -0.25) is 9.80 Å². The molecule has 2 aliphatic heterocycles. The van der Waals surface area contributed by atoms with E-state index < -0.39 is 6.10 Å². The van der Waals surface area contributed by atoms with Crippen LogP contribution in [0.5, 0.6) is 5.75 Å². The minimum absolute atomic E-state index is 0.467. The van der Waals surface area contributed by atoms with Crippen LogP contribution >= 0.6 is 0 Å². The molecule has 1 aromatic carbocycles. The molecule has 5 nitrogen and oxygen atoms in total. The molecular weight excluding hydrogens is 304 g/mol. The minimum atomic E-state index is -0.467. The van der Waals surface area contributed by atoms with Crippen LogP contribution in [0.3, 0.4) is 0 Å². The standard InChI is InChI=1S/C19H30N2O3/c1-23-18-7-4-5-16(13-18)19(22)15-21-8-3-2-6-17(21)14-20-9-11-24-12-10-20/h4-5,7,13,17,19,22H,2-3,6,8-12,14-15H2,1H3. The molecule has 134 valence electrons. The van der Waals surface area contributed by atoms with E-state index in [4.69, 9.17) is 9.47 Å². The molecule has 0 aromatic heterocycles. The number of methoxy groups -OCH3 is 1. The molecule has 0 amide bonds. The maximum absolute atomic E-state index is 10.7. The molecule has 0 bridgehead atoms. The molecule has 3 rings (SSSR count). The van der Waals surface area contributed by atoms with Crippen molar-refractivity contribution >= 4 is 0 Å². The Labute approximate surface area is 145 Å². The van der Waals surface area contributed by atoms with Gasteiger partial charge in [-0.1, -0.05) is 18.6 Å². The summed E-state index contributed by atoms with van der Waals surface area (Å²) in [4.78, 5) is 4.98. The van der Waals surface area contributed by atoms with Crippen molar-refractivity contribution in [1.29, 1.82) is 0 Å². The number of piperidine rings is 1. The number of aliphatic hydroxyl groups excluding tert-OH is 1. The van der Waals surface area contributed by atoms with E-state index in [2.05, 4.69) is 9.80 Å². The number of hydrogen-bond donors (Lipinski definition) is 1. The SMILES string of the molecule is COc1cccc(C(O)CN2CCCCC2CN2CCOCC2)c1. The maximum Gasteiger partial charge on any atom is 0.119 e. The van der Waals surface area contributed by atoms with Gasteiger partial charge in [-0.05, 0) is 37.1 Å². The highest BCUT2D eigenvalue weighted by Crippen LogP contribution is 2.24. The highest BCUT2D eigenvalue weighted by Gasteiger charge is 2.27. The van der Waals surface area contributed by atoms with Gasteiger partial charge in [0.15, 0.2) is 0 Å². The van der Waals surface area contributed by atoms with Crippen LogP contribution in [-0.4, -0.2) is 74.0 Å². The van der Waals surface area contributed by atoms with Crippen LogP contribution in [0.25, 0.3) is 0 Å². The molecule has 2 aliphatic rings. The number of hydrogen-bond acceptors (Lipinski definition) is 5. The zero-order valence-electron chi connectivity index (χ0n) is 14.7. The Bertz CT molecular complexity index is 505. The third-order valence-corrected chi connectivity index (χ3v) is 5.21. The van der Waals surface area contributed by atoms with E-state index in [9.17, 15) is 5.11 Å². The quantitative estimate of drug-likeness (QED) is 0.861. The summed E-state index contributed by atoms with van der Waals surface area (Å²) in [6.07, 6.45) is 3.28. The van der Waals surface area contributed by atoms with Crippen molar-refractivity contribution < 1.29 is 14.6 Å². The number of ether oxygens (including phenoxy) is 2. The monoisotopic (exact) mass is 334 g/mol. The Morgan fingerprint density at radius 1 is 1.25 bits per heavy atom. The number of aliphatic hydroxyl groups is 1. The lowest BCUT2D eigenvalue weighted by atomic mass is 9.99. The maximum atomic E-state index is 10.7. The van der Waals surface area contributed by atoms with Gasteiger partial charge in [0, 0.05) is 32.2 Å². The molecule has 2 atom stereocenters. The summed E-state index contributed by atoms with van der Waals surface area (Å²) < 4.78 is 10.7. The first-order chi connectivity index (χ1) is 11.8. The molecular formula is C19H30N2O3. The Morgan fingerprint density at radius 3 is 2.88 bits per heavy atom. The van der Waals surface area contributed by atoms with Crippen LogP contribution in [0.4, 0.5) is 0 Å². The van der Waals surface area contributed by atoms with Gasteiger partial charge in [0.2, 0.25) is 0 Å². The van der Waals surface area contributed by atoms with Gasteiger partial charge in [0.05, 0.1) is 26.4 Å². The van der Waals surface area contributed by atoms with E-state index in [0.717, 1.165) is 50.7 Å². The number of β-amino-alcohol motifs (C(OH)–C–C–N with tert-alkyl or cyclic N) is 1. The first-order valence-corrected chi connectivity index (χ1v) is 9.12. The molecule has 2 saturated heterocycles. The smallest absolute Gasteiger partial charge is 0.119 e. The number of benzene rings is 1. The lowest BCUT2D eigenvalue weighted by molar-refractivity contribution is 0.00671. The minimum Gasteiger partial charge on any atom is -0.497 e. The van der Waals surface area contributed by atoms with Gasteiger partial charge in [0.25, 0.3) is 0 Å². The molecule has 1 aromatic rings. The average Bonchev–Trinajstić information content (AvgIpc) is 2.64. The Morgan fingerprint density at radius 2 is 2.08 bits per heavy atom. The zero-order chi connectivity index (χ0) is 16.8. The molecule has 5 heteroatoms. The van der Waals surface area contributed by atoms with Gasteiger partial charge in [-0.25, -0.2) is 0 Å². The van der Waals surface area contributed by atoms with E-state index in [1.54, 1.807) is 7.11 Å². The van der Waals surface area contributed by atoms with Gasteiger partial charge in [-0.2, -0.15) is 0 Å². The molecule has 0 aliphatic carbocycles. The van der Waals surface area contributed by atoms with Gasteiger partial charge in [0.1, 0.15) is 5.75 Å². The number of rotatable bonds is 6. The lowest BCUT2D eigenvalue weighted by Gasteiger charge is -2.40. The second-order valence-electron chi connectivity index (χ2n) is 6.85. The molecule has 24 heavy (non-hydrogen) atoms. The number of likely N-dealkylation sites (tertiary alicyclic amines) is 1. The molecule has 0 spiro atoms. The van der Waals surface area contributed by atoms with Crippen LogP contribution in [0.15, 0.2) is 24.3 Å². The predicted molar refractivity (Wildman–Crippen MR) is 94.4 cm³/mol. The van der Waals surface area contributed by atoms with E-state index in [1.807, 2.05) is 24.3 Å². The molecule has 0 saturated carbocycles. The number of nitrogens with zero attached hydrogens (tertiary/aromatic N) is 2. The van der Waals surface area contributed by atoms with Crippen LogP contribution in [-0.2, 0) is 4.74 Å². The van der Waals surface area contributed by atoms with E-state index in [0.29, 0.717) is 12.6 Å². The molecule has 1 N–H and O–H groups in total. The molecule has 2 heterocycles. The first kappa shape index (κ1) is 17.7. The highest BCUT2D eigenvalue weighted by atomic mass is 16.5. The summed E-state index contributed by atoms with van der Waals surface area (Å²) in [6.45, 7) is 6.62. The Hall–Kier alpha value is -1.14. The van der Waals surface area contributed by atoms with Crippen LogP contribution in [0, 0.1) is 0 Å². The highest BCUT2D eigenvalue weighted by molar-refractivity contribution is 5.29. The summed E-state index contributed by atoms with van der Waals surface area (Å²) in [5.41, 5.74) is 0.935. The first-order valence-electron chi connectivity index (χ1n) is 9.12. The van der Waals surface area contributed by atoms with Crippen LogP contribution in [0.1, 0.15) is 30.9 Å². The second kappa shape index (κ2) is 8.81. The van der Waals surface area contributed by atoms with E-state index >= 15 is 0 Å². The summed E-state index contributed by atoms with van der Waals surface area (Å²) >= 11 is 0. The fourth-order valence-electron chi connectivity index (χ4n) is 3.77. The fourth-order valence-corrected chi connectivity index (χ4v) is 3.77. The summed E-state index contributed by atoms with van der Waals surface area (Å²) in [5, 5.41) is 10.7. The van der Waals surface area contributed by atoms with Crippen LogP contribution in [0.2, 0.25) is 0 Å². The van der Waals surface area contributed by atoms with Crippen LogP contribution < -0.4 is 4.74 Å².